The van der Waals surface area contributed by atoms with Crippen LogP contribution in [0.2, 0.25) is 4.34 Å². The zero-order chi connectivity index (χ0) is 8.69. The van der Waals surface area contributed by atoms with Crippen molar-refractivity contribution in [2.75, 3.05) is 0 Å². The molecule has 0 bridgehead atoms. The van der Waals surface area contributed by atoms with Crippen molar-refractivity contribution in [2.45, 2.75) is 19.8 Å². The molecule has 4 heteroatoms. The molecule has 0 unspecified atom stereocenters. The van der Waals surface area contributed by atoms with Gasteiger partial charge in [0.1, 0.15) is 0 Å². The van der Waals surface area contributed by atoms with Gasteiger partial charge < -0.3 is 6.92 Å². The summed E-state index contributed by atoms with van der Waals surface area (Å²) in [6, 6.07) is 1.87. The van der Waals surface area contributed by atoms with Crippen molar-refractivity contribution in [3.8, 4) is 0 Å². The Morgan fingerprint density at radius 3 is 2.25 bits per heavy atom. The summed E-state index contributed by atoms with van der Waals surface area (Å²) in [6.07, 6.45) is 2.28. The van der Waals surface area contributed by atoms with Gasteiger partial charge >= 0.3 is 18.9 Å². The molecule has 0 nitrogen and oxygen atoms in total. The molecular formula is C8H11BrClLiS. The fraction of sp³-hybridized carbons (Fsp3) is 0.375. The van der Waals surface area contributed by atoms with E-state index in [0.29, 0.717) is 0 Å². The minimum atomic E-state index is 0. The Kier molecular flexibility index (Phi) is 13.1. The van der Waals surface area contributed by atoms with Crippen molar-refractivity contribution in [3.05, 3.63) is 27.2 Å². The molecule has 0 saturated heterocycles. The van der Waals surface area contributed by atoms with Gasteiger partial charge in [0, 0.05) is 9.85 Å². The van der Waals surface area contributed by atoms with Crippen molar-refractivity contribution in [1.82, 2.24) is 0 Å². The van der Waals surface area contributed by atoms with Crippen LogP contribution in [0.5, 0.6) is 0 Å². The maximum absolute atomic E-state index is 5.55. The van der Waals surface area contributed by atoms with E-state index >= 15 is 0 Å². The van der Waals surface area contributed by atoms with Crippen molar-refractivity contribution >= 4 is 38.9 Å². The topological polar surface area (TPSA) is 0 Å². The monoisotopic (exact) mass is 260 g/mol. The van der Waals surface area contributed by atoms with E-state index in [2.05, 4.69) is 29.8 Å². The quantitative estimate of drug-likeness (QED) is 0.534. The number of hydrogen-bond acceptors (Lipinski definition) is 1. The van der Waals surface area contributed by atoms with Gasteiger partial charge in [0.05, 0.1) is 4.34 Å². The summed E-state index contributed by atoms with van der Waals surface area (Å²) in [6.45, 7) is 5.72. The number of thiophene rings is 1. The smallest absolute Gasteiger partial charge is 0.343 e. The van der Waals surface area contributed by atoms with Crippen LogP contribution in [0.3, 0.4) is 0 Å². The van der Waals surface area contributed by atoms with Gasteiger partial charge in [0.15, 0.2) is 0 Å². The van der Waals surface area contributed by atoms with E-state index in [9.17, 15) is 0 Å². The van der Waals surface area contributed by atoms with Crippen LogP contribution in [-0.4, -0.2) is 0 Å². The first-order chi connectivity index (χ1) is 5.20. The van der Waals surface area contributed by atoms with Crippen LogP contribution in [0.25, 0.3) is 0 Å². The first kappa shape index (κ1) is 15.5. The van der Waals surface area contributed by atoms with Gasteiger partial charge in [-0.3, -0.25) is 0 Å². The predicted octanol–water partition coefficient (Wildman–Crippen LogP) is 1.79. The van der Waals surface area contributed by atoms with Crippen molar-refractivity contribution in [2.24, 2.45) is 0 Å². The summed E-state index contributed by atoms with van der Waals surface area (Å²) in [5.74, 6) is 0. The summed E-state index contributed by atoms with van der Waals surface area (Å²) in [5.41, 5.74) is 0. The van der Waals surface area contributed by atoms with E-state index in [0.717, 1.165) is 15.2 Å². The van der Waals surface area contributed by atoms with Gasteiger partial charge in [-0.2, -0.15) is 6.42 Å². The van der Waals surface area contributed by atoms with Crippen molar-refractivity contribution in [1.29, 1.82) is 0 Å². The average molecular weight is 262 g/mol. The van der Waals surface area contributed by atoms with Crippen LogP contribution in [0.4, 0.5) is 0 Å². The van der Waals surface area contributed by atoms with Gasteiger partial charge in [-0.1, -0.05) is 24.9 Å². The molecule has 1 rings (SSSR count). The zero-order valence-electron chi connectivity index (χ0n) is 7.44. The minimum Gasteiger partial charge on any atom is -0.343 e. The molecule has 1 aromatic rings. The zero-order valence-corrected chi connectivity index (χ0v) is 10.6. The Hall–Kier alpha value is 1.07. The molecule has 12 heavy (non-hydrogen) atoms. The number of unbranched alkanes of at least 4 members (excludes halogenated alkanes) is 1. The second-order valence-corrected chi connectivity index (χ2v) is 4.38. The first-order valence-electron chi connectivity index (χ1n) is 3.39. The standard InChI is InChI=1S/C4H2BrClS.C4H9.Li/c5-3-1-4(6)7-2-3;1-3-4-2;/h1-2H;1,3-4H2,2H3;/q;-1;+1. The Bertz CT molecular complexity index is 172. The van der Waals surface area contributed by atoms with Crippen LogP contribution in [-0.2, 0) is 0 Å². The van der Waals surface area contributed by atoms with E-state index in [4.69, 9.17) is 11.6 Å². The molecule has 0 spiro atoms. The Labute approximate surface area is 104 Å². The van der Waals surface area contributed by atoms with Gasteiger partial charge in [-0.15, -0.1) is 11.3 Å². The second kappa shape index (κ2) is 10.2. The first-order valence-corrected chi connectivity index (χ1v) is 5.44. The number of halogens is 2. The number of hydrogen-bond donors (Lipinski definition) is 0. The molecule has 0 aliphatic heterocycles. The third-order valence-corrected chi connectivity index (χ3v) is 2.74. The Morgan fingerprint density at radius 1 is 1.67 bits per heavy atom. The van der Waals surface area contributed by atoms with Crippen molar-refractivity contribution < 1.29 is 18.9 Å². The third kappa shape index (κ3) is 9.16. The second-order valence-electron chi connectivity index (χ2n) is 1.92. The summed E-state index contributed by atoms with van der Waals surface area (Å²) < 4.78 is 1.88. The third-order valence-electron chi connectivity index (χ3n) is 0.889. The maximum atomic E-state index is 5.55. The van der Waals surface area contributed by atoms with Gasteiger partial charge in [0.2, 0.25) is 0 Å². The molecule has 0 amide bonds. The van der Waals surface area contributed by atoms with Crippen LogP contribution < -0.4 is 18.9 Å². The van der Waals surface area contributed by atoms with E-state index < -0.39 is 0 Å². The molecule has 0 radical (unpaired) electrons. The Balaban J connectivity index is 0. The van der Waals surface area contributed by atoms with Crippen LogP contribution >= 0.6 is 38.9 Å². The molecular weight excluding hydrogens is 250 g/mol. The average Bonchev–Trinajstić information content (AvgIpc) is 2.35. The normalized spacial score (nSPS) is 8.00. The van der Waals surface area contributed by atoms with E-state index in [1.807, 2.05) is 11.4 Å². The molecule has 0 N–H and O–H groups in total. The molecule has 0 saturated carbocycles. The molecule has 0 aliphatic rings. The number of rotatable bonds is 1. The fourth-order valence-electron chi connectivity index (χ4n) is 0.289. The predicted molar refractivity (Wildman–Crippen MR) is 57.3 cm³/mol. The van der Waals surface area contributed by atoms with Gasteiger partial charge in [0.25, 0.3) is 0 Å². The molecule has 0 atom stereocenters. The molecule has 64 valence electrons. The minimum absolute atomic E-state index is 0. The van der Waals surface area contributed by atoms with Gasteiger partial charge in [-0.05, 0) is 22.0 Å². The Morgan fingerprint density at radius 2 is 2.17 bits per heavy atom. The van der Waals surface area contributed by atoms with E-state index in [1.165, 1.54) is 17.8 Å². The molecule has 1 heterocycles. The fourth-order valence-corrected chi connectivity index (χ4v) is 1.82. The summed E-state index contributed by atoms with van der Waals surface area (Å²) in [4.78, 5) is 0. The van der Waals surface area contributed by atoms with Crippen molar-refractivity contribution in [3.63, 3.8) is 0 Å². The molecule has 0 fully saturated rings. The van der Waals surface area contributed by atoms with Gasteiger partial charge in [-0.25, -0.2) is 0 Å². The molecule has 0 aromatic carbocycles. The van der Waals surface area contributed by atoms with Crippen LogP contribution in [0, 0.1) is 6.92 Å². The van der Waals surface area contributed by atoms with Crippen LogP contribution in [0.15, 0.2) is 15.9 Å². The summed E-state index contributed by atoms with van der Waals surface area (Å²) in [7, 11) is 0. The molecule has 0 aliphatic carbocycles. The van der Waals surface area contributed by atoms with E-state index in [-0.39, 0.29) is 18.9 Å². The molecule has 1 aromatic heterocycles. The van der Waals surface area contributed by atoms with E-state index in [1.54, 1.807) is 0 Å². The van der Waals surface area contributed by atoms with Crippen LogP contribution in [0.1, 0.15) is 19.8 Å². The summed E-state index contributed by atoms with van der Waals surface area (Å²) >= 11 is 10.3. The maximum Gasteiger partial charge on any atom is 1.00 e. The SMILES string of the molecule is Clc1cc(Br)cs1.[CH2-]CCC.[Li+]. The summed E-state index contributed by atoms with van der Waals surface area (Å²) in [5, 5.41) is 1.95. The largest absolute Gasteiger partial charge is 1.00 e.